The second kappa shape index (κ2) is 5.23. The van der Waals surface area contributed by atoms with E-state index in [0.717, 1.165) is 30.0 Å². The van der Waals surface area contributed by atoms with Crippen LogP contribution >= 0.6 is 0 Å². The smallest absolute Gasteiger partial charge is 0.115 e. The Kier molecular flexibility index (Phi) is 3.67. The highest BCUT2D eigenvalue weighted by Gasteiger charge is 2.08. The van der Waals surface area contributed by atoms with Crippen molar-refractivity contribution in [3.63, 3.8) is 0 Å². The molecule has 0 unspecified atom stereocenters. The number of phenols is 1. The number of benzene rings is 1. The average Bonchev–Trinajstić information content (AvgIpc) is 2.68. The number of aromatic hydroxyl groups is 1. The van der Waals surface area contributed by atoms with Crippen LogP contribution in [0.4, 0.5) is 0 Å². The van der Waals surface area contributed by atoms with Crippen LogP contribution in [0.1, 0.15) is 23.7 Å². The molecule has 0 radical (unpaired) electrons. The van der Waals surface area contributed by atoms with E-state index in [1.54, 1.807) is 12.1 Å². The highest BCUT2D eigenvalue weighted by Crippen LogP contribution is 2.20. The number of nitrogens with one attached hydrogen (secondary N) is 1. The standard InChI is InChI=1S/C14H19N3O/c1-4-15-8-12-9-17(16-11(12)3)14-6-5-13(18)7-10(14)2/h5-7,9,15,18H,4,8H2,1-3H3. The van der Waals surface area contributed by atoms with E-state index in [9.17, 15) is 5.11 Å². The van der Waals surface area contributed by atoms with Gasteiger partial charge < -0.3 is 10.4 Å². The number of phenolic OH excluding ortho intramolecular Hbond substituents is 1. The quantitative estimate of drug-likeness (QED) is 0.869. The van der Waals surface area contributed by atoms with Crippen molar-refractivity contribution in [1.82, 2.24) is 15.1 Å². The number of aromatic nitrogens is 2. The van der Waals surface area contributed by atoms with Crippen molar-refractivity contribution in [2.45, 2.75) is 27.3 Å². The summed E-state index contributed by atoms with van der Waals surface area (Å²) in [5.74, 6) is 0.285. The van der Waals surface area contributed by atoms with Gasteiger partial charge in [-0.25, -0.2) is 4.68 Å². The van der Waals surface area contributed by atoms with E-state index in [0.29, 0.717) is 0 Å². The Morgan fingerprint density at radius 1 is 1.33 bits per heavy atom. The van der Waals surface area contributed by atoms with Gasteiger partial charge in [-0.1, -0.05) is 6.92 Å². The van der Waals surface area contributed by atoms with Gasteiger partial charge >= 0.3 is 0 Å². The van der Waals surface area contributed by atoms with E-state index in [-0.39, 0.29) is 5.75 Å². The van der Waals surface area contributed by atoms with Crippen LogP contribution in [0.15, 0.2) is 24.4 Å². The third-order valence-electron chi connectivity index (χ3n) is 2.99. The Hall–Kier alpha value is -1.81. The van der Waals surface area contributed by atoms with Gasteiger partial charge in [-0.2, -0.15) is 5.10 Å². The maximum Gasteiger partial charge on any atom is 0.115 e. The molecule has 2 aromatic rings. The number of aryl methyl sites for hydroxylation is 2. The zero-order valence-corrected chi connectivity index (χ0v) is 11.1. The van der Waals surface area contributed by atoms with Crippen LogP contribution in [-0.4, -0.2) is 21.4 Å². The summed E-state index contributed by atoms with van der Waals surface area (Å²) in [5.41, 5.74) is 4.24. The molecule has 4 heteroatoms. The summed E-state index contributed by atoms with van der Waals surface area (Å²) in [6.07, 6.45) is 2.04. The third-order valence-corrected chi connectivity index (χ3v) is 2.99. The zero-order chi connectivity index (χ0) is 13.1. The summed E-state index contributed by atoms with van der Waals surface area (Å²) in [6.45, 7) is 7.85. The topological polar surface area (TPSA) is 50.1 Å². The summed E-state index contributed by atoms with van der Waals surface area (Å²) >= 11 is 0. The van der Waals surface area contributed by atoms with E-state index >= 15 is 0 Å². The Morgan fingerprint density at radius 3 is 2.78 bits per heavy atom. The highest BCUT2D eigenvalue weighted by molar-refractivity contribution is 5.44. The summed E-state index contributed by atoms with van der Waals surface area (Å²) in [4.78, 5) is 0. The number of rotatable bonds is 4. The van der Waals surface area contributed by atoms with E-state index < -0.39 is 0 Å². The minimum absolute atomic E-state index is 0.285. The van der Waals surface area contributed by atoms with Crippen molar-refractivity contribution < 1.29 is 5.11 Å². The second-order valence-corrected chi connectivity index (χ2v) is 4.44. The van der Waals surface area contributed by atoms with Crippen LogP contribution in [0, 0.1) is 13.8 Å². The first-order valence-electron chi connectivity index (χ1n) is 6.17. The fraction of sp³-hybridized carbons (Fsp3) is 0.357. The lowest BCUT2D eigenvalue weighted by Crippen LogP contribution is -2.11. The van der Waals surface area contributed by atoms with Crippen molar-refractivity contribution in [3.8, 4) is 11.4 Å². The van der Waals surface area contributed by atoms with Gasteiger partial charge in [0, 0.05) is 18.3 Å². The number of nitrogens with zero attached hydrogens (tertiary/aromatic N) is 2. The summed E-state index contributed by atoms with van der Waals surface area (Å²) in [6, 6.07) is 5.31. The molecule has 0 amide bonds. The minimum atomic E-state index is 0.285. The molecule has 2 rings (SSSR count). The molecule has 0 fully saturated rings. The molecule has 0 saturated heterocycles. The Labute approximate surface area is 107 Å². The first-order valence-corrected chi connectivity index (χ1v) is 6.17. The van der Waals surface area contributed by atoms with Crippen molar-refractivity contribution in [2.24, 2.45) is 0 Å². The SMILES string of the molecule is CCNCc1cn(-c2ccc(O)cc2C)nc1C. The second-order valence-electron chi connectivity index (χ2n) is 4.44. The van der Waals surface area contributed by atoms with Crippen molar-refractivity contribution >= 4 is 0 Å². The summed E-state index contributed by atoms with van der Waals surface area (Å²) in [5, 5.41) is 17.2. The molecule has 0 aliphatic carbocycles. The van der Waals surface area contributed by atoms with Crippen molar-refractivity contribution in [3.05, 3.63) is 41.2 Å². The molecule has 1 aromatic heterocycles. The fourth-order valence-electron chi connectivity index (χ4n) is 1.95. The van der Waals surface area contributed by atoms with E-state index in [1.165, 1.54) is 5.56 Å². The van der Waals surface area contributed by atoms with Gasteiger partial charge in [0.1, 0.15) is 5.75 Å². The lowest BCUT2D eigenvalue weighted by Gasteiger charge is -2.05. The number of hydrogen-bond acceptors (Lipinski definition) is 3. The van der Waals surface area contributed by atoms with E-state index in [4.69, 9.17) is 0 Å². The lowest BCUT2D eigenvalue weighted by atomic mass is 10.2. The molecule has 4 nitrogen and oxygen atoms in total. The lowest BCUT2D eigenvalue weighted by molar-refractivity contribution is 0.474. The molecule has 0 aliphatic heterocycles. The molecular formula is C14H19N3O. The largest absolute Gasteiger partial charge is 0.508 e. The van der Waals surface area contributed by atoms with Crippen molar-refractivity contribution in [2.75, 3.05) is 6.54 Å². The van der Waals surface area contributed by atoms with Gasteiger partial charge in [0.2, 0.25) is 0 Å². The molecule has 2 N–H and O–H groups in total. The maximum atomic E-state index is 9.42. The van der Waals surface area contributed by atoms with Crippen LogP contribution in [-0.2, 0) is 6.54 Å². The zero-order valence-electron chi connectivity index (χ0n) is 11.1. The first-order chi connectivity index (χ1) is 8.61. The van der Waals surface area contributed by atoms with Crippen LogP contribution in [0.5, 0.6) is 5.75 Å². The molecule has 0 aliphatic rings. The minimum Gasteiger partial charge on any atom is -0.508 e. The Bertz CT molecular complexity index is 546. The van der Waals surface area contributed by atoms with Gasteiger partial charge in [0.15, 0.2) is 0 Å². The predicted octanol–water partition coefficient (Wildman–Crippen LogP) is 2.30. The molecule has 1 heterocycles. The Morgan fingerprint density at radius 2 is 2.11 bits per heavy atom. The number of hydrogen-bond donors (Lipinski definition) is 2. The highest BCUT2D eigenvalue weighted by atomic mass is 16.3. The first kappa shape index (κ1) is 12.6. The van der Waals surface area contributed by atoms with Gasteiger partial charge in [-0.15, -0.1) is 0 Å². The van der Waals surface area contributed by atoms with Gasteiger partial charge in [0.25, 0.3) is 0 Å². The molecule has 0 saturated carbocycles. The normalized spacial score (nSPS) is 10.8. The molecule has 0 spiro atoms. The van der Waals surface area contributed by atoms with Crippen molar-refractivity contribution in [1.29, 1.82) is 0 Å². The van der Waals surface area contributed by atoms with Gasteiger partial charge in [0.05, 0.1) is 11.4 Å². The summed E-state index contributed by atoms with van der Waals surface area (Å²) in [7, 11) is 0. The van der Waals surface area contributed by atoms with Gasteiger partial charge in [-0.3, -0.25) is 0 Å². The third kappa shape index (κ3) is 2.54. The molecule has 96 valence electrons. The maximum absolute atomic E-state index is 9.42. The summed E-state index contributed by atoms with van der Waals surface area (Å²) < 4.78 is 1.87. The van der Waals surface area contributed by atoms with Crippen LogP contribution < -0.4 is 5.32 Å². The molecule has 18 heavy (non-hydrogen) atoms. The Balaban J connectivity index is 2.33. The van der Waals surface area contributed by atoms with Gasteiger partial charge in [-0.05, 0) is 44.2 Å². The fourth-order valence-corrected chi connectivity index (χ4v) is 1.95. The average molecular weight is 245 g/mol. The molecule has 0 atom stereocenters. The van der Waals surface area contributed by atoms with E-state index in [2.05, 4.69) is 17.3 Å². The van der Waals surface area contributed by atoms with Crippen LogP contribution in [0.2, 0.25) is 0 Å². The molecular weight excluding hydrogens is 226 g/mol. The molecule has 1 aromatic carbocycles. The van der Waals surface area contributed by atoms with Crippen LogP contribution in [0.25, 0.3) is 5.69 Å². The van der Waals surface area contributed by atoms with E-state index in [1.807, 2.05) is 30.8 Å². The molecule has 0 bridgehead atoms. The van der Waals surface area contributed by atoms with Crippen LogP contribution in [0.3, 0.4) is 0 Å². The predicted molar refractivity (Wildman–Crippen MR) is 72.1 cm³/mol. The monoisotopic (exact) mass is 245 g/mol.